The molecule has 0 atom stereocenters. The van der Waals surface area contributed by atoms with Crippen molar-refractivity contribution in [2.24, 2.45) is 0 Å². The summed E-state index contributed by atoms with van der Waals surface area (Å²) in [5.74, 6) is 0.933. The molecule has 0 bridgehead atoms. The fraction of sp³-hybridized carbons (Fsp3) is 0.250. The van der Waals surface area contributed by atoms with Gasteiger partial charge in [-0.25, -0.2) is 0 Å². The summed E-state index contributed by atoms with van der Waals surface area (Å²) < 4.78 is 6.24. The quantitative estimate of drug-likeness (QED) is 0.624. The molecule has 134 valence electrons. The van der Waals surface area contributed by atoms with Gasteiger partial charge in [-0.1, -0.05) is 51.4 Å². The van der Waals surface area contributed by atoms with Gasteiger partial charge in [-0.3, -0.25) is 4.79 Å². The number of carbonyl (C=O) groups excluding carboxylic acids is 1. The Morgan fingerprint density at radius 3 is 2.69 bits per heavy atom. The molecule has 0 fully saturated rings. The van der Waals surface area contributed by atoms with E-state index < -0.39 is 0 Å². The topological polar surface area (TPSA) is 59.2 Å². The average molecular weight is 414 g/mol. The molecule has 2 aromatic carbocycles. The number of amides is 1. The summed E-state index contributed by atoms with van der Waals surface area (Å²) in [6, 6.07) is 13.8. The molecule has 5 nitrogen and oxygen atoms in total. The van der Waals surface area contributed by atoms with Crippen LogP contribution in [-0.4, -0.2) is 28.0 Å². The highest BCUT2D eigenvalue weighted by molar-refractivity contribution is 9.10. The first-order valence-corrected chi connectivity index (χ1v) is 9.10. The fourth-order valence-electron chi connectivity index (χ4n) is 2.58. The summed E-state index contributed by atoms with van der Waals surface area (Å²) in [5, 5.41) is 4.00. The van der Waals surface area contributed by atoms with Gasteiger partial charge in [0.05, 0.1) is 13.0 Å². The summed E-state index contributed by atoms with van der Waals surface area (Å²) in [5.41, 5.74) is 4.28. The molecule has 0 spiro atoms. The third-order valence-corrected chi connectivity index (χ3v) is 4.77. The molecule has 1 aromatic heterocycles. The lowest BCUT2D eigenvalue weighted by Gasteiger charge is -2.15. The minimum Gasteiger partial charge on any atom is -0.337 e. The van der Waals surface area contributed by atoms with Gasteiger partial charge in [0.2, 0.25) is 17.6 Å². The maximum Gasteiger partial charge on any atom is 0.246 e. The Morgan fingerprint density at radius 2 is 1.96 bits per heavy atom. The van der Waals surface area contributed by atoms with Crippen LogP contribution in [0, 0.1) is 13.8 Å². The number of rotatable bonds is 5. The smallest absolute Gasteiger partial charge is 0.246 e. The molecule has 1 amide bonds. The van der Waals surface area contributed by atoms with Gasteiger partial charge in [0.15, 0.2) is 0 Å². The van der Waals surface area contributed by atoms with Crippen molar-refractivity contribution in [3.63, 3.8) is 0 Å². The van der Waals surface area contributed by atoms with E-state index in [1.807, 2.05) is 36.4 Å². The van der Waals surface area contributed by atoms with Crippen molar-refractivity contribution in [2.75, 3.05) is 7.05 Å². The Kier molecular flexibility index (Phi) is 5.52. The predicted octanol–water partition coefficient (Wildman–Crippen LogP) is 4.32. The molecular weight excluding hydrogens is 394 g/mol. The van der Waals surface area contributed by atoms with E-state index in [-0.39, 0.29) is 12.5 Å². The summed E-state index contributed by atoms with van der Waals surface area (Å²) >= 11 is 3.43. The van der Waals surface area contributed by atoms with Crippen LogP contribution in [0.2, 0.25) is 0 Å². The van der Waals surface area contributed by atoms with Crippen molar-refractivity contribution in [1.29, 1.82) is 0 Å². The normalized spacial score (nSPS) is 10.8. The molecule has 26 heavy (non-hydrogen) atoms. The number of aromatic nitrogens is 2. The van der Waals surface area contributed by atoms with Crippen LogP contribution >= 0.6 is 15.9 Å². The number of hydrogen-bond donors (Lipinski definition) is 0. The number of carbonyl (C=O) groups is 1. The number of hydrogen-bond acceptors (Lipinski definition) is 4. The van der Waals surface area contributed by atoms with Crippen LogP contribution in [0.4, 0.5) is 0 Å². The van der Waals surface area contributed by atoms with E-state index in [9.17, 15) is 4.79 Å². The van der Waals surface area contributed by atoms with Crippen molar-refractivity contribution < 1.29 is 9.32 Å². The van der Waals surface area contributed by atoms with Crippen molar-refractivity contribution in [2.45, 2.75) is 26.8 Å². The van der Waals surface area contributed by atoms with E-state index in [1.54, 1.807) is 11.9 Å². The molecule has 3 rings (SSSR count). The second-order valence-electron chi connectivity index (χ2n) is 6.37. The van der Waals surface area contributed by atoms with Crippen molar-refractivity contribution >= 4 is 21.8 Å². The monoisotopic (exact) mass is 413 g/mol. The van der Waals surface area contributed by atoms with E-state index in [2.05, 4.69) is 46.0 Å². The Morgan fingerprint density at radius 1 is 1.15 bits per heavy atom. The van der Waals surface area contributed by atoms with E-state index in [0.29, 0.717) is 18.1 Å². The number of halogens is 1. The van der Waals surface area contributed by atoms with Crippen LogP contribution in [0.25, 0.3) is 11.4 Å². The maximum atomic E-state index is 12.5. The van der Waals surface area contributed by atoms with Gasteiger partial charge >= 0.3 is 0 Å². The molecule has 0 aliphatic rings. The van der Waals surface area contributed by atoms with Gasteiger partial charge in [-0.05, 0) is 42.7 Å². The lowest BCUT2D eigenvalue weighted by Crippen LogP contribution is -2.27. The van der Waals surface area contributed by atoms with Crippen LogP contribution in [0.1, 0.15) is 22.6 Å². The van der Waals surface area contributed by atoms with Crippen molar-refractivity contribution in [3.05, 3.63) is 69.5 Å². The molecule has 0 aliphatic carbocycles. The fourth-order valence-corrected chi connectivity index (χ4v) is 2.98. The van der Waals surface area contributed by atoms with Crippen LogP contribution < -0.4 is 0 Å². The number of likely N-dealkylation sites (N-methyl/N-ethyl adjacent to an activating group) is 1. The van der Waals surface area contributed by atoms with Gasteiger partial charge in [-0.2, -0.15) is 4.98 Å². The van der Waals surface area contributed by atoms with Gasteiger partial charge < -0.3 is 9.42 Å². The third kappa shape index (κ3) is 4.38. The second-order valence-corrected chi connectivity index (χ2v) is 7.28. The highest BCUT2D eigenvalue weighted by atomic mass is 79.9. The predicted molar refractivity (Wildman–Crippen MR) is 104 cm³/mol. The summed E-state index contributed by atoms with van der Waals surface area (Å²) in [6.45, 7) is 4.39. The number of aryl methyl sites for hydroxylation is 2. The number of nitrogens with zero attached hydrogens (tertiary/aromatic N) is 3. The van der Waals surface area contributed by atoms with Gasteiger partial charge in [0, 0.05) is 17.1 Å². The first-order valence-electron chi connectivity index (χ1n) is 8.31. The van der Waals surface area contributed by atoms with Crippen LogP contribution in [0.5, 0.6) is 0 Å². The molecule has 6 heteroatoms. The molecule has 0 N–H and O–H groups in total. The molecule has 0 unspecified atom stereocenters. The molecule has 1 heterocycles. The Labute approximate surface area is 161 Å². The minimum absolute atomic E-state index is 0.00968. The molecular formula is C20H20BrN3O2. The Bertz CT molecular complexity index is 936. The first kappa shape index (κ1) is 18.3. The van der Waals surface area contributed by atoms with Gasteiger partial charge in [0.1, 0.15) is 0 Å². The van der Waals surface area contributed by atoms with E-state index in [4.69, 9.17) is 4.52 Å². The Balaban J connectivity index is 1.65. The summed E-state index contributed by atoms with van der Waals surface area (Å²) in [7, 11) is 1.74. The summed E-state index contributed by atoms with van der Waals surface area (Å²) in [4.78, 5) is 18.5. The first-order chi connectivity index (χ1) is 12.4. The third-order valence-electron chi connectivity index (χ3n) is 4.28. The Hall–Kier alpha value is -2.47. The molecule has 0 saturated carbocycles. The number of benzene rings is 2. The largest absolute Gasteiger partial charge is 0.337 e. The van der Waals surface area contributed by atoms with E-state index in [1.165, 1.54) is 11.1 Å². The minimum atomic E-state index is 0.00968. The average Bonchev–Trinajstić information content (AvgIpc) is 3.06. The van der Waals surface area contributed by atoms with Gasteiger partial charge in [0.25, 0.3) is 0 Å². The van der Waals surface area contributed by atoms with Gasteiger partial charge in [-0.15, -0.1) is 0 Å². The lowest BCUT2D eigenvalue weighted by atomic mass is 10.0. The SMILES string of the molecule is Cc1ccc(CC(=O)N(C)Cc2nc(-c3cccc(Br)c3)no2)cc1C. The standard InChI is InChI=1S/C20H20BrN3O2/c1-13-7-8-15(9-14(13)2)10-19(25)24(3)12-18-22-20(23-26-18)16-5-4-6-17(21)11-16/h4-9,11H,10,12H2,1-3H3. The molecule has 0 saturated heterocycles. The van der Waals surface area contributed by atoms with Crippen LogP contribution in [0.3, 0.4) is 0 Å². The van der Waals surface area contributed by atoms with Crippen molar-refractivity contribution in [1.82, 2.24) is 15.0 Å². The highest BCUT2D eigenvalue weighted by Crippen LogP contribution is 2.20. The maximum absolute atomic E-state index is 12.5. The van der Waals surface area contributed by atoms with Crippen molar-refractivity contribution in [3.8, 4) is 11.4 Å². The van der Waals surface area contributed by atoms with Crippen LogP contribution in [-0.2, 0) is 17.8 Å². The zero-order valence-corrected chi connectivity index (χ0v) is 16.6. The van der Waals surface area contributed by atoms with Crippen LogP contribution in [0.15, 0.2) is 51.5 Å². The summed E-state index contributed by atoms with van der Waals surface area (Å²) in [6.07, 6.45) is 0.351. The molecule has 0 aliphatic heterocycles. The second kappa shape index (κ2) is 7.83. The van der Waals surface area contributed by atoms with E-state index in [0.717, 1.165) is 15.6 Å². The zero-order valence-electron chi connectivity index (χ0n) is 15.0. The van der Waals surface area contributed by atoms with E-state index >= 15 is 0 Å². The molecule has 0 radical (unpaired) electrons. The zero-order chi connectivity index (χ0) is 18.7. The highest BCUT2D eigenvalue weighted by Gasteiger charge is 2.15. The lowest BCUT2D eigenvalue weighted by molar-refractivity contribution is -0.130. The molecule has 3 aromatic rings.